The number of pyridine rings is 1. The average Bonchev–Trinajstić information content (AvgIpc) is 3.18. The maximum Gasteiger partial charge on any atom is 0.275 e. The Hall–Kier alpha value is -2.38. The normalized spacial score (nSPS) is 21.9. The fourth-order valence-corrected chi connectivity index (χ4v) is 5.33. The summed E-state index contributed by atoms with van der Waals surface area (Å²) in [5.74, 6) is 1.33. The molecule has 1 aromatic carbocycles. The summed E-state index contributed by atoms with van der Waals surface area (Å²) in [7, 11) is 1.81. The van der Waals surface area contributed by atoms with Gasteiger partial charge in [0.15, 0.2) is 5.16 Å². The van der Waals surface area contributed by atoms with Gasteiger partial charge < -0.3 is 4.90 Å². The Labute approximate surface area is 180 Å². The Kier molecular flexibility index (Phi) is 5.25. The number of anilines is 1. The van der Waals surface area contributed by atoms with Gasteiger partial charge in [-0.15, -0.1) is 0 Å². The summed E-state index contributed by atoms with van der Waals surface area (Å²) in [6.45, 7) is 5.16. The summed E-state index contributed by atoms with van der Waals surface area (Å²) in [5.41, 5.74) is 2.89. The number of hydrogen-bond acceptors (Lipinski definition) is 6. The summed E-state index contributed by atoms with van der Waals surface area (Å²) >= 11 is 1.49. The first-order valence-electron chi connectivity index (χ1n) is 10.5. The van der Waals surface area contributed by atoms with E-state index in [2.05, 4.69) is 50.1 Å². The zero-order chi connectivity index (χ0) is 20.7. The molecule has 2 saturated heterocycles. The maximum atomic E-state index is 13.1. The Balaban J connectivity index is 1.36. The maximum absolute atomic E-state index is 13.1. The van der Waals surface area contributed by atoms with Gasteiger partial charge in [0.05, 0.1) is 0 Å². The summed E-state index contributed by atoms with van der Waals surface area (Å²) in [5, 5.41) is 1.61. The van der Waals surface area contributed by atoms with Crippen LogP contribution < -0.4 is 10.5 Å². The number of aromatic nitrogens is 3. The monoisotopic (exact) mass is 421 g/mol. The lowest BCUT2D eigenvalue weighted by molar-refractivity contribution is 0.314. The molecule has 3 aromatic rings. The fraction of sp³-hybridized carbons (Fsp3) is 0.435. The van der Waals surface area contributed by atoms with Crippen LogP contribution in [0.15, 0.2) is 52.5 Å². The van der Waals surface area contributed by atoms with Crippen molar-refractivity contribution < 1.29 is 0 Å². The standard InChI is InChI=1S/C23H27N5OS/c1-26-21-18(11-24-23(25-21)30-2)10-20(22(26)29)28-9-8-17-13-27(14-19(17)15-28)12-16-6-4-3-5-7-16/h3-7,10-11,17,19H,8-9,12-15H2,1-2H3/t17?,19-/m0/s1. The van der Waals surface area contributed by atoms with Crippen LogP contribution in [0.3, 0.4) is 0 Å². The smallest absolute Gasteiger partial charge is 0.275 e. The summed E-state index contributed by atoms with van der Waals surface area (Å²) in [6, 6.07) is 12.7. The van der Waals surface area contributed by atoms with Crippen LogP contribution in [0, 0.1) is 11.8 Å². The topological polar surface area (TPSA) is 54.3 Å². The van der Waals surface area contributed by atoms with Gasteiger partial charge in [-0.05, 0) is 36.1 Å². The number of aryl methyl sites for hydroxylation is 1. The zero-order valence-corrected chi connectivity index (χ0v) is 18.3. The first-order chi connectivity index (χ1) is 14.6. The Bertz CT molecular complexity index is 1120. The average molecular weight is 422 g/mol. The van der Waals surface area contributed by atoms with Gasteiger partial charge in [-0.25, -0.2) is 9.97 Å². The second kappa shape index (κ2) is 8.04. The molecule has 2 aliphatic rings. The highest BCUT2D eigenvalue weighted by atomic mass is 32.2. The molecule has 156 valence electrons. The van der Waals surface area contributed by atoms with Gasteiger partial charge in [0, 0.05) is 51.4 Å². The second-order valence-electron chi connectivity index (χ2n) is 8.46. The molecule has 2 aliphatic heterocycles. The Morgan fingerprint density at radius 3 is 2.73 bits per heavy atom. The lowest BCUT2D eigenvalue weighted by Crippen LogP contribution is -2.43. The Morgan fingerprint density at radius 2 is 1.93 bits per heavy atom. The molecule has 0 N–H and O–H groups in total. The lowest BCUT2D eigenvalue weighted by atomic mass is 9.88. The molecule has 0 aliphatic carbocycles. The van der Waals surface area contributed by atoms with Crippen molar-refractivity contribution in [3.8, 4) is 0 Å². The molecule has 1 unspecified atom stereocenters. The molecule has 2 fully saturated rings. The fourth-order valence-electron chi connectivity index (χ4n) is 4.99. The van der Waals surface area contributed by atoms with Gasteiger partial charge in [-0.2, -0.15) is 0 Å². The molecule has 0 spiro atoms. The van der Waals surface area contributed by atoms with Crippen molar-refractivity contribution in [1.82, 2.24) is 19.4 Å². The SMILES string of the molecule is CSc1ncc2cc(N3CCC4CN(Cc5ccccc5)C[C@H]4C3)c(=O)n(C)c2n1. The van der Waals surface area contributed by atoms with E-state index in [-0.39, 0.29) is 5.56 Å². The van der Waals surface area contributed by atoms with Crippen LogP contribution in [-0.2, 0) is 13.6 Å². The molecule has 4 heterocycles. The minimum atomic E-state index is 0.0332. The van der Waals surface area contributed by atoms with Crippen LogP contribution in [0.25, 0.3) is 11.0 Å². The van der Waals surface area contributed by atoms with E-state index in [0.717, 1.165) is 56.1 Å². The van der Waals surface area contributed by atoms with Gasteiger partial charge in [0.1, 0.15) is 11.3 Å². The number of nitrogens with zero attached hydrogens (tertiary/aromatic N) is 5. The number of likely N-dealkylation sites (tertiary alicyclic amines) is 1. The largest absolute Gasteiger partial charge is 0.367 e. The molecule has 0 radical (unpaired) electrons. The summed E-state index contributed by atoms with van der Waals surface area (Å²) in [4.78, 5) is 26.9. The van der Waals surface area contributed by atoms with Crippen molar-refractivity contribution in [2.75, 3.05) is 37.3 Å². The third-order valence-corrected chi connectivity index (χ3v) is 7.12. The van der Waals surface area contributed by atoms with Crippen molar-refractivity contribution in [3.05, 3.63) is 58.5 Å². The molecular formula is C23H27N5OS. The highest BCUT2D eigenvalue weighted by molar-refractivity contribution is 7.98. The molecule has 30 heavy (non-hydrogen) atoms. The molecule has 6 nitrogen and oxygen atoms in total. The third kappa shape index (κ3) is 3.61. The lowest BCUT2D eigenvalue weighted by Gasteiger charge is -2.35. The molecule has 0 saturated carbocycles. The number of thioether (sulfide) groups is 1. The van der Waals surface area contributed by atoms with Crippen molar-refractivity contribution in [2.24, 2.45) is 18.9 Å². The van der Waals surface area contributed by atoms with Gasteiger partial charge in [-0.1, -0.05) is 42.1 Å². The van der Waals surface area contributed by atoms with E-state index < -0.39 is 0 Å². The highest BCUT2D eigenvalue weighted by Gasteiger charge is 2.37. The first kappa shape index (κ1) is 19.6. The number of piperidine rings is 1. The van der Waals surface area contributed by atoms with E-state index in [1.54, 1.807) is 4.57 Å². The number of fused-ring (bicyclic) bond motifs is 2. The molecule has 7 heteroatoms. The van der Waals surface area contributed by atoms with Crippen molar-refractivity contribution in [2.45, 2.75) is 18.1 Å². The molecular weight excluding hydrogens is 394 g/mol. The minimum Gasteiger partial charge on any atom is -0.367 e. The van der Waals surface area contributed by atoms with Gasteiger partial charge >= 0.3 is 0 Å². The summed E-state index contributed by atoms with van der Waals surface area (Å²) in [6.07, 6.45) is 4.92. The van der Waals surface area contributed by atoms with Crippen molar-refractivity contribution >= 4 is 28.5 Å². The zero-order valence-electron chi connectivity index (χ0n) is 17.5. The molecule has 0 bridgehead atoms. The first-order valence-corrected chi connectivity index (χ1v) is 11.8. The minimum absolute atomic E-state index is 0.0332. The van der Waals surface area contributed by atoms with E-state index >= 15 is 0 Å². The molecule has 2 aromatic heterocycles. The molecule has 5 rings (SSSR count). The van der Waals surface area contributed by atoms with E-state index in [0.29, 0.717) is 16.7 Å². The van der Waals surface area contributed by atoms with Crippen molar-refractivity contribution in [3.63, 3.8) is 0 Å². The Morgan fingerprint density at radius 1 is 1.13 bits per heavy atom. The van der Waals surface area contributed by atoms with Gasteiger partial charge in [0.25, 0.3) is 5.56 Å². The number of rotatable bonds is 4. The van der Waals surface area contributed by atoms with Gasteiger partial charge in [-0.3, -0.25) is 14.3 Å². The van der Waals surface area contributed by atoms with Crippen LogP contribution in [0.5, 0.6) is 0 Å². The van der Waals surface area contributed by atoms with E-state index in [1.165, 1.54) is 17.3 Å². The van der Waals surface area contributed by atoms with Gasteiger partial charge in [0.2, 0.25) is 0 Å². The second-order valence-corrected chi connectivity index (χ2v) is 9.24. The predicted octanol–water partition coefficient (Wildman–Crippen LogP) is 3.01. The predicted molar refractivity (Wildman–Crippen MR) is 122 cm³/mol. The van der Waals surface area contributed by atoms with E-state index in [9.17, 15) is 4.79 Å². The van der Waals surface area contributed by atoms with E-state index in [1.807, 2.05) is 25.6 Å². The number of benzene rings is 1. The quantitative estimate of drug-likeness (QED) is 0.477. The third-order valence-electron chi connectivity index (χ3n) is 6.56. The van der Waals surface area contributed by atoms with Crippen LogP contribution in [-0.4, -0.2) is 51.9 Å². The van der Waals surface area contributed by atoms with Crippen LogP contribution in [0.1, 0.15) is 12.0 Å². The van der Waals surface area contributed by atoms with Crippen molar-refractivity contribution in [1.29, 1.82) is 0 Å². The highest BCUT2D eigenvalue weighted by Crippen LogP contribution is 2.33. The number of hydrogen-bond donors (Lipinski definition) is 0. The van der Waals surface area contributed by atoms with Crippen LogP contribution in [0.2, 0.25) is 0 Å². The molecule has 0 amide bonds. The molecule has 2 atom stereocenters. The van der Waals surface area contributed by atoms with Crippen LogP contribution >= 0.6 is 11.8 Å². The summed E-state index contributed by atoms with van der Waals surface area (Å²) < 4.78 is 1.68. The van der Waals surface area contributed by atoms with E-state index in [4.69, 9.17) is 0 Å². The van der Waals surface area contributed by atoms with Crippen LogP contribution in [0.4, 0.5) is 5.69 Å².